The van der Waals surface area contributed by atoms with E-state index in [1.165, 1.54) is 0 Å². The van der Waals surface area contributed by atoms with Gasteiger partial charge in [-0.1, -0.05) is 45.2 Å². The lowest BCUT2D eigenvalue weighted by Gasteiger charge is -2.19. The molecule has 3 N–H and O–H groups in total. The molecule has 0 spiro atoms. The van der Waals surface area contributed by atoms with Crippen molar-refractivity contribution in [3.63, 3.8) is 0 Å². The Morgan fingerprint density at radius 1 is 1.39 bits per heavy atom. The Morgan fingerprint density at radius 3 is 2.39 bits per heavy atom. The van der Waals surface area contributed by atoms with Crippen molar-refractivity contribution in [1.29, 1.82) is 0 Å². The second kappa shape index (κ2) is 5.83. The summed E-state index contributed by atoms with van der Waals surface area (Å²) in [6.45, 7) is 0. The molecule has 1 saturated carbocycles. The molecule has 0 bridgehead atoms. The molecule has 1 aliphatic rings. The number of benzene rings is 1. The SMILES string of the molecule is NC(/C(CBr)=C(\O)C1CC1)c1c(Cl)cccc1Cl. The van der Waals surface area contributed by atoms with Crippen LogP contribution in [0.1, 0.15) is 24.4 Å². The van der Waals surface area contributed by atoms with E-state index in [0.29, 0.717) is 26.7 Å². The lowest BCUT2D eigenvalue weighted by molar-refractivity contribution is 0.367. The third-order valence-corrected chi connectivity index (χ3v) is 4.39. The minimum atomic E-state index is -0.480. The van der Waals surface area contributed by atoms with Crippen LogP contribution < -0.4 is 5.73 Å². The Morgan fingerprint density at radius 2 is 1.94 bits per heavy atom. The van der Waals surface area contributed by atoms with Crippen molar-refractivity contribution in [3.8, 4) is 0 Å². The lowest BCUT2D eigenvalue weighted by Crippen LogP contribution is -2.17. The van der Waals surface area contributed by atoms with Gasteiger partial charge in [0.1, 0.15) is 0 Å². The Labute approximate surface area is 125 Å². The van der Waals surface area contributed by atoms with Crippen LogP contribution in [0.2, 0.25) is 10.0 Å². The van der Waals surface area contributed by atoms with Gasteiger partial charge in [0, 0.05) is 26.9 Å². The quantitative estimate of drug-likeness (QED) is 0.615. The third kappa shape index (κ3) is 2.85. The summed E-state index contributed by atoms with van der Waals surface area (Å²) >= 11 is 15.7. The van der Waals surface area contributed by atoms with Gasteiger partial charge < -0.3 is 10.8 Å². The van der Waals surface area contributed by atoms with Gasteiger partial charge in [-0.3, -0.25) is 0 Å². The number of alkyl halides is 1. The predicted octanol–water partition coefficient (Wildman–Crippen LogP) is 4.61. The average molecular weight is 351 g/mol. The molecule has 0 radical (unpaired) electrons. The van der Waals surface area contributed by atoms with Crippen molar-refractivity contribution in [2.75, 3.05) is 5.33 Å². The molecule has 0 aliphatic heterocycles. The zero-order valence-electron chi connectivity index (χ0n) is 9.67. The standard InChI is InChI=1S/C13H14BrCl2NO/c14-6-8(13(18)7-4-5-7)12(17)11-9(15)2-1-3-10(11)16/h1-3,7,12,18H,4-6,17H2/b13-8-. The van der Waals surface area contributed by atoms with Crippen LogP contribution in [0.3, 0.4) is 0 Å². The first kappa shape index (κ1) is 14.2. The molecule has 0 amide bonds. The van der Waals surface area contributed by atoms with Crippen molar-refractivity contribution in [1.82, 2.24) is 0 Å². The van der Waals surface area contributed by atoms with Gasteiger partial charge >= 0.3 is 0 Å². The maximum absolute atomic E-state index is 10.1. The van der Waals surface area contributed by atoms with Gasteiger partial charge in [0.15, 0.2) is 0 Å². The highest BCUT2D eigenvalue weighted by molar-refractivity contribution is 9.09. The Balaban J connectivity index is 2.40. The first-order valence-electron chi connectivity index (χ1n) is 5.73. The van der Waals surface area contributed by atoms with Gasteiger partial charge in [-0.15, -0.1) is 0 Å². The zero-order valence-corrected chi connectivity index (χ0v) is 12.8. The van der Waals surface area contributed by atoms with Crippen molar-refractivity contribution < 1.29 is 5.11 Å². The molecule has 1 aliphatic carbocycles. The number of aliphatic hydroxyl groups excluding tert-OH is 1. The Hall–Kier alpha value is -0.220. The van der Waals surface area contributed by atoms with Crippen molar-refractivity contribution >= 4 is 39.1 Å². The third-order valence-electron chi connectivity index (χ3n) is 3.12. The molecule has 0 aromatic heterocycles. The topological polar surface area (TPSA) is 46.2 Å². The summed E-state index contributed by atoms with van der Waals surface area (Å²) in [7, 11) is 0. The van der Waals surface area contributed by atoms with Crippen LogP contribution in [-0.4, -0.2) is 10.4 Å². The number of allylic oxidation sites excluding steroid dienone is 1. The van der Waals surface area contributed by atoms with Gasteiger partial charge in [0.05, 0.1) is 11.8 Å². The molecule has 1 aromatic carbocycles. The van der Waals surface area contributed by atoms with E-state index in [9.17, 15) is 5.11 Å². The summed E-state index contributed by atoms with van der Waals surface area (Å²) in [6.07, 6.45) is 2.04. The summed E-state index contributed by atoms with van der Waals surface area (Å²) in [5.41, 5.74) is 7.63. The molecular formula is C13H14BrCl2NO. The van der Waals surface area contributed by atoms with E-state index in [0.717, 1.165) is 18.4 Å². The second-order valence-electron chi connectivity index (χ2n) is 4.43. The minimum Gasteiger partial charge on any atom is -0.512 e. The van der Waals surface area contributed by atoms with Crippen LogP contribution in [0.5, 0.6) is 0 Å². The zero-order chi connectivity index (χ0) is 13.3. The van der Waals surface area contributed by atoms with E-state index in [1.54, 1.807) is 18.2 Å². The number of rotatable bonds is 4. The van der Waals surface area contributed by atoms with Gasteiger partial charge in [-0.25, -0.2) is 0 Å². The minimum absolute atomic E-state index is 0.255. The fourth-order valence-electron chi connectivity index (χ4n) is 1.91. The van der Waals surface area contributed by atoms with Crippen LogP contribution >= 0.6 is 39.1 Å². The van der Waals surface area contributed by atoms with Gasteiger partial charge in [0.2, 0.25) is 0 Å². The normalized spacial score (nSPS) is 18.4. The van der Waals surface area contributed by atoms with E-state index in [-0.39, 0.29) is 5.92 Å². The van der Waals surface area contributed by atoms with Gasteiger partial charge in [-0.2, -0.15) is 0 Å². The highest BCUT2D eigenvalue weighted by Crippen LogP contribution is 2.41. The maximum atomic E-state index is 10.1. The Kier molecular flexibility index (Phi) is 4.59. The molecule has 5 heteroatoms. The van der Waals surface area contributed by atoms with Gasteiger partial charge in [0.25, 0.3) is 0 Å². The molecule has 0 saturated heterocycles. The molecule has 1 atom stereocenters. The Bertz CT molecular complexity index is 466. The van der Waals surface area contributed by atoms with Crippen LogP contribution in [-0.2, 0) is 0 Å². The summed E-state index contributed by atoms with van der Waals surface area (Å²) in [5, 5.41) is 11.7. The highest BCUT2D eigenvalue weighted by Gasteiger charge is 2.31. The predicted molar refractivity (Wildman–Crippen MR) is 79.6 cm³/mol. The number of hydrogen-bond acceptors (Lipinski definition) is 2. The van der Waals surface area contributed by atoms with E-state index in [4.69, 9.17) is 28.9 Å². The van der Waals surface area contributed by atoms with Gasteiger partial charge in [-0.05, 0) is 30.5 Å². The second-order valence-corrected chi connectivity index (χ2v) is 5.81. The average Bonchev–Trinajstić information content (AvgIpc) is 3.13. The van der Waals surface area contributed by atoms with Crippen LogP contribution in [0.15, 0.2) is 29.5 Å². The van der Waals surface area contributed by atoms with Crippen molar-refractivity contribution in [2.45, 2.75) is 18.9 Å². The summed E-state index contributed by atoms with van der Waals surface area (Å²) in [5.74, 6) is 0.639. The maximum Gasteiger partial charge on any atom is 0.0972 e. The van der Waals surface area contributed by atoms with E-state index >= 15 is 0 Å². The molecule has 18 heavy (non-hydrogen) atoms. The van der Waals surface area contributed by atoms with Crippen LogP contribution in [0, 0.1) is 5.92 Å². The number of halogens is 3. The fourth-order valence-corrected chi connectivity index (χ4v) is 3.18. The molecular weight excluding hydrogens is 337 g/mol. The van der Waals surface area contributed by atoms with E-state index < -0.39 is 6.04 Å². The molecule has 1 unspecified atom stereocenters. The fraction of sp³-hybridized carbons (Fsp3) is 0.385. The van der Waals surface area contributed by atoms with Crippen molar-refractivity contribution in [2.24, 2.45) is 11.7 Å². The highest BCUT2D eigenvalue weighted by atomic mass is 79.9. The smallest absolute Gasteiger partial charge is 0.0972 e. The van der Waals surface area contributed by atoms with Crippen molar-refractivity contribution in [3.05, 3.63) is 45.1 Å². The van der Waals surface area contributed by atoms with Crippen LogP contribution in [0.4, 0.5) is 0 Å². The van der Waals surface area contributed by atoms with E-state index in [1.807, 2.05) is 0 Å². The molecule has 1 fully saturated rings. The van der Waals surface area contributed by atoms with Crippen LogP contribution in [0.25, 0.3) is 0 Å². The largest absolute Gasteiger partial charge is 0.512 e. The molecule has 2 nitrogen and oxygen atoms in total. The molecule has 98 valence electrons. The number of nitrogens with two attached hydrogens (primary N) is 1. The first-order valence-corrected chi connectivity index (χ1v) is 7.61. The number of aliphatic hydroxyl groups is 1. The summed E-state index contributed by atoms with van der Waals surface area (Å²) in [4.78, 5) is 0. The molecule has 0 heterocycles. The summed E-state index contributed by atoms with van der Waals surface area (Å²) < 4.78 is 0. The number of hydrogen-bond donors (Lipinski definition) is 2. The monoisotopic (exact) mass is 349 g/mol. The van der Waals surface area contributed by atoms with E-state index in [2.05, 4.69) is 15.9 Å². The first-order chi connectivity index (χ1) is 8.56. The molecule has 2 rings (SSSR count). The summed E-state index contributed by atoms with van der Waals surface area (Å²) in [6, 6.07) is 4.80. The lowest BCUT2D eigenvalue weighted by atomic mass is 9.98. The molecule has 1 aromatic rings.